The predicted molar refractivity (Wildman–Crippen MR) is 62.6 cm³/mol. The third kappa shape index (κ3) is 2.71. The second kappa shape index (κ2) is 4.67. The Hall–Kier alpha value is -1.69. The van der Waals surface area contributed by atoms with Crippen molar-refractivity contribution in [3.8, 4) is 0 Å². The number of nitro benzene ring substituents is 1. The largest absolute Gasteiger partial charge is 0.378 e. The van der Waals surface area contributed by atoms with Gasteiger partial charge in [-0.25, -0.2) is 4.39 Å². The third-order valence-corrected chi connectivity index (χ3v) is 2.91. The Morgan fingerprint density at radius 2 is 2.35 bits per heavy atom. The Morgan fingerprint density at radius 1 is 1.59 bits per heavy atom. The highest BCUT2D eigenvalue weighted by Crippen LogP contribution is 2.23. The average molecular weight is 239 g/mol. The first-order valence-electron chi connectivity index (χ1n) is 5.45. The maximum atomic E-state index is 13.5. The molecule has 0 aliphatic carbocycles. The van der Waals surface area contributed by atoms with Crippen LogP contribution < -0.4 is 5.32 Å². The van der Waals surface area contributed by atoms with Crippen molar-refractivity contribution < 1.29 is 9.31 Å². The number of nitro groups is 1. The topological polar surface area (TPSA) is 58.4 Å². The molecule has 0 bridgehead atoms. The lowest BCUT2D eigenvalue weighted by molar-refractivity contribution is -0.384. The maximum absolute atomic E-state index is 13.5. The van der Waals surface area contributed by atoms with Gasteiger partial charge in [-0.3, -0.25) is 10.1 Å². The molecule has 5 nitrogen and oxygen atoms in total. The molecule has 0 saturated carbocycles. The molecule has 1 aliphatic rings. The van der Waals surface area contributed by atoms with Gasteiger partial charge in [0.25, 0.3) is 5.69 Å². The molecule has 1 aliphatic heterocycles. The number of benzene rings is 1. The SMILES string of the molecule is CN1CCC(Nc2cc([N+](=O)[O-])ccc2F)C1. The van der Waals surface area contributed by atoms with Gasteiger partial charge in [-0.15, -0.1) is 0 Å². The minimum Gasteiger partial charge on any atom is -0.378 e. The molecule has 1 heterocycles. The second-order valence-electron chi connectivity index (χ2n) is 4.31. The molecule has 0 radical (unpaired) electrons. The highest BCUT2D eigenvalue weighted by molar-refractivity contribution is 5.53. The van der Waals surface area contributed by atoms with Crippen LogP contribution in [0.25, 0.3) is 0 Å². The molecule has 1 unspecified atom stereocenters. The van der Waals surface area contributed by atoms with Crippen LogP contribution in [0.2, 0.25) is 0 Å². The number of nitrogens with zero attached hydrogens (tertiary/aromatic N) is 2. The molecule has 2 rings (SSSR count). The minimum absolute atomic E-state index is 0.0970. The molecular weight excluding hydrogens is 225 g/mol. The van der Waals surface area contributed by atoms with Crippen molar-refractivity contribution in [3.05, 3.63) is 34.1 Å². The number of nitrogens with one attached hydrogen (secondary N) is 1. The normalized spacial score (nSPS) is 20.5. The van der Waals surface area contributed by atoms with Crippen molar-refractivity contribution in [1.82, 2.24) is 4.90 Å². The molecule has 0 aromatic heterocycles. The monoisotopic (exact) mass is 239 g/mol. The minimum atomic E-state index is -0.522. The van der Waals surface area contributed by atoms with Crippen molar-refractivity contribution in [2.24, 2.45) is 0 Å². The fraction of sp³-hybridized carbons (Fsp3) is 0.455. The van der Waals surface area contributed by atoms with E-state index < -0.39 is 10.7 Å². The molecule has 1 N–H and O–H groups in total. The predicted octanol–water partition coefficient (Wildman–Crippen LogP) is 1.85. The van der Waals surface area contributed by atoms with E-state index in [0.29, 0.717) is 0 Å². The van der Waals surface area contributed by atoms with Crippen molar-refractivity contribution >= 4 is 11.4 Å². The quantitative estimate of drug-likeness (QED) is 0.646. The molecule has 1 saturated heterocycles. The van der Waals surface area contributed by atoms with Crippen LogP contribution in [0.15, 0.2) is 18.2 Å². The summed E-state index contributed by atoms with van der Waals surface area (Å²) in [5, 5.41) is 13.6. The van der Waals surface area contributed by atoms with Gasteiger partial charge in [0.15, 0.2) is 0 Å². The first-order chi connectivity index (χ1) is 8.06. The standard InChI is InChI=1S/C11H14FN3O2/c1-14-5-4-8(7-14)13-11-6-9(15(16)17)2-3-10(11)12/h2-3,6,8,13H,4-5,7H2,1H3. The van der Waals surface area contributed by atoms with E-state index in [-0.39, 0.29) is 17.4 Å². The summed E-state index contributed by atoms with van der Waals surface area (Å²) < 4.78 is 13.5. The van der Waals surface area contributed by atoms with Gasteiger partial charge >= 0.3 is 0 Å². The third-order valence-electron chi connectivity index (χ3n) is 2.91. The number of hydrogen-bond donors (Lipinski definition) is 1. The number of rotatable bonds is 3. The zero-order valence-corrected chi connectivity index (χ0v) is 9.52. The zero-order valence-electron chi connectivity index (χ0n) is 9.52. The molecule has 92 valence electrons. The Kier molecular flexibility index (Phi) is 3.23. The van der Waals surface area contributed by atoms with E-state index >= 15 is 0 Å². The Balaban J connectivity index is 2.14. The summed E-state index contributed by atoms with van der Waals surface area (Å²) >= 11 is 0. The highest BCUT2D eigenvalue weighted by Gasteiger charge is 2.21. The molecule has 0 amide bonds. The van der Waals surface area contributed by atoms with E-state index in [2.05, 4.69) is 10.2 Å². The summed E-state index contributed by atoms with van der Waals surface area (Å²) in [5.74, 6) is -0.454. The van der Waals surface area contributed by atoms with Gasteiger partial charge < -0.3 is 10.2 Å². The van der Waals surface area contributed by atoms with E-state index in [1.165, 1.54) is 12.1 Å². The molecule has 6 heteroatoms. The van der Waals surface area contributed by atoms with Gasteiger partial charge in [-0.2, -0.15) is 0 Å². The van der Waals surface area contributed by atoms with Crippen LogP contribution in [0, 0.1) is 15.9 Å². The van der Waals surface area contributed by atoms with Gasteiger partial charge in [-0.05, 0) is 26.1 Å². The number of halogens is 1. The molecule has 1 fully saturated rings. The summed E-state index contributed by atoms with van der Waals surface area (Å²) in [6, 6.07) is 3.69. The number of hydrogen-bond acceptors (Lipinski definition) is 4. The fourth-order valence-corrected chi connectivity index (χ4v) is 2.01. The summed E-state index contributed by atoms with van der Waals surface area (Å²) in [6.07, 6.45) is 0.915. The van der Waals surface area contributed by atoms with Crippen molar-refractivity contribution in [2.45, 2.75) is 12.5 Å². The summed E-state index contributed by atoms with van der Waals surface area (Å²) in [5.41, 5.74) is 0.111. The van der Waals surface area contributed by atoms with E-state index in [0.717, 1.165) is 25.6 Å². The summed E-state index contributed by atoms with van der Waals surface area (Å²) in [7, 11) is 1.99. The van der Waals surface area contributed by atoms with Gasteiger partial charge in [0.1, 0.15) is 5.82 Å². The van der Waals surface area contributed by atoms with Crippen LogP contribution in [0.5, 0.6) is 0 Å². The first-order valence-corrected chi connectivity index (χ1v) is 5.45. The van der Waals surface area contributed by atoms with Crippen molar-refractivity contribution in [1.29, 1.82) is 0 Å². The second-order valence-corrected chi connectivity index (χ2v) is 4.31. The number of non-ortho nitro benzene ring substituents is 1. The fourth-order valence-electron chi connectivity index (χ4n) is 2.01. The van der Waals surface area contributed by atoms with E-state index in [1.54, 1.807) is 0 Å². The Morgan fingerprint density at radius 3 is 2.94 bits per heavy atom. The van der Waals surface area contributed by atoms with Crippen LogP contribution in [-0.4, -0.2) is 36.0 Å². The molecular formula is C11H14FN3O2. The van der Waals surface area contributed by atoms with Gasteiger partial charge in [-0.1, -0.05) is 0 Å². The Bertz CT molecular complexity index is 439. The van der Waals surface area contributed by atoms with Gasteiger partial charge in [0.2, 0.25) is 0 Å². The van der Waals surface area contributed by atoms with E-state index in [1.807, 2.05) is 7.05 Å². The Labute approximate surface area is 98.4 Å². The van der Waals surface area contributed by atoms with E-state index in [4.69, 9.17) is 0 Å². The average Bonchev–Trinajstić information content (AvgIpc) is 2.67. The smallest absolute Gasteiger partial charge is 0.271 e. The van der Waals surface area contributed by atoms with Crippen LogP contribution in [0.3, 0.4) is 0 Å². The molecule has 1 aromatic rings. The lowest BCUT2D eigenvalue weighted by Gasteiger charge is -2.14. The van der Waals surface area contributed by atoms with Gasteiger partial charge in [0, 0.05) is 24.7 Å². The number of likely N-dealkylation sites (tertiary alicyclic amines) is 1. The lowest BCUT2D eigenvalue weighted by atomic mass is 10.2. The van der Waals surface area contributed by atoms with Crippen LogP contribution in [0.1, 0.15) is 6.42 Å². The van der Waals surface area contributed by atoms with Crippen LogP contribution >= 0.6 is 0 Å². The van der Waals surface area contributed by atoms with Crippen LogP contribution in [-0.2, 0) is 0 Å². The molecule has 1 aromatic carbocycles. The van der Waals surface area contributed by atoms with E-state index in [9.17, 15) is 14.5 Å². The zero-order chi connectivity index (χ0) is 12.4. The van der Waals surface area contributed by atoms with Crippen molar-refractivity contribution in [3.63, 3.8) is 0 Å². The maximum Gasteiger partial charge on any atom is 0.271 e. The highest BCUT2D eigenvalue weighted by atomic mass is 19.1. The molecule has 1 atom stereocenters. The van der Waals surface area contributed by atoms with Gasteiger partial charge in [0.05, 0.1) is 10.6 Å². The number of likely N-dealkylation sites (N-methyl/N-ethyl adjacent to an activating group) is 1. The summed E-state index contributed by atoms with van der Waals surface area (Å²) in [6.45, 7) is 1.77. The summed E-state index contributed by atoms with van der Waals surface area (Å²) in [4.78, 5) is 12.2. The van der Waals surface area contributed by atoms with Crippen molar-refractivity contribution in [2.75, 3.05) is 25.5 Å². The first kappa shape index (κ1) is 11.8. The molecule has 0 spiro atoms. The lowest BCUT2D eigenvalue weighted by Crippen LogP contribution is -2.24. The van der Waals surface area contributed by atoms with Crippen LogP contribution in [0.4, 0.5) is 15.8 Å². The number of anilines is 1. The molecule has 17 heavy (non-hydrogen) atoms.